The minimum atomic E-state index is 0.623. The summed E-state index contributed by atoms with van der Waals surface area (Å²) in [6, 6.07) is 10.6. The normalized spacial score (nSPS) is 17.8. The van der Waals surface area contributed by atoms with Crippen molar-refractivity contribution in [2.45, 2.75) is 32.9 Å². The van der Waals surface area contributed by atoms with Crippen LogP contribution in [-0.2, 0) is 13.1 Å². The van der Waals surface area contributed by atoms with E-state index in [1.165, 1.54) is 11.1 Å². The van der Waals surface area contributed by atoms with Gasteiger partial charge in [0.15, 0.2) is 0 Å². The standard InChI is InChI=1S/C19H23N2/c1-2-17-8-10-19(11-9-17)15-21-13-12-20(16-21)14-18-6-4-3-5-7-18/h3-10,12-13,16,19H,2,11,14-15H2,1H3/q+1. The molecule has 1 aliphatic carbocycles. The van der Waals surface area contributed by atoms with Crippen LogP contribution in [0.15, 0.2) is 72.9 Å². The average molecular weight is 279 g/mol. The van der Waals surface area contributed by atoms with Crippen LogP contribution in [0.4, 0.5) is 0 Å². The minimum absolute atomic E-state index is 0.623. The van der Waals surface area contributed by atoms with Crippen LogP contribution < -0.4 is 4.57 Å². The van der Waals surface area contributed by atoms with Gasteiger partial charge in [-0.25, -0.2) is 9.13 Å². The van der Waals surface area contributed by atoms with Gasteiger partial charge in [0.1, 0.15) is 18.9 Å². The molecule has 0 saturated heterocycles. The highest BCUT2D eigenvalue weighted by Gasteiger charge is 2.13. The van der Waals surface area contributed by atoms with Crippen molar-refractivity contribution in [3.05, 3.63) is 78.4 Å². The second-order valence-corrected chi connectivity index (χ2v) is 5.76. The molecular formula is C19H23N2+. The van der Waals surface area contributed by atoms with Gasteiger partial charge < -0.3 is 0 Å². The van der Waals surface area contributed by atoms with Crippen LogP contribution in [0, 0.1) is 5.92 Å². The molecule has 0 spiro atoms. The molecule has 1 aliphatic rings. The molecular weight excluding hydrogens is 256 g/mol. The smallest absolute Gasteiger partial charge is 0.236 e. The Bertz CT molecular complexity index is 635. The van der Waals surface area contributed by atoms with Gasteiger partial charge in [-0.3, -0.25) is 0 Å². The number of nitrogens with zero attached hydrogens (tertiary/aromatic N) is 2. The topological polar surface area (TPSA) is 8.81 Å². The molecule has 2 heteroatoms. The zero-order chi connectivity index (χ0) is 14.5. The molecule has 2 aromatic rings. The summed E-state index contributed by atoms with van der Waals surface area (Å²) in [5.74, 6) is 0.623. The van der Waals surface area contributed by atoms with E-state index in [0.717, 1.165) is 25.9 Å². The van der Waals surface area contributed by atoms with E-state index in [9.17, 15) is 0 Å². The molecule has 0 amide bonds. The van der Waals surface area contributed by atoms with Gasteiger partial charge in [0.05, 0.1) is 6.54 Å². The Morgan fingerprint density at radius 3 is 2.81 bits per heavy atom. The third-order valence-electron chi connectivity index (χ3n) is 4.07. The van der Waals surface area contributed by atoms with Crippen LogP contribution in [0.25, 0.3) is 0 Å². The summed E-state index contributed by atoms with van der Waals surface area (Å²) in [6.45, 7) is 4.22. The predicted molar refractivity (Wildman–Crippen MR) is 85.8 cm³/mol. The molecule has 0 radical (unpaired) electrons. The first-order valence-electron chi connectivity index (χ1n) is 7.79. The summed E-state index contributed by atoms with van der Waals surface area (Å²) in [7, 11) is 0. The van der Waals surface area contributed by atoms with E-state index >= 15 is 0 Å². The lowest BCUT2D eigenvalue weighted by atomic mass is 9.95. The molecule has 1 unspecified atom stereocenters. The van der Waals surface area contributed by atoms with E-state index in [2.05, 4.69) is 83.3 Å². The van der Waals surface area contributed by atoms with Gasteiger partial charge in [0.25, 0.3) is 0 Å². The molecule has 2 nitrogen and oxygen atoms in total. The zero-order valence-electron chi connectivity index (χ0n) is 12.7. The van der Waals surface area contributed by atoms with E-state index in [4.69, 9.17) is 0 Å². The van der Waals surface area contributed by atoms with Crippen LogP contribution >= 0.6 is 0 Å². The highest BCUT2D eigenvalue weighted by Crippen LogP contribution is 2.19. The van der Waals surface area contributed by atoms with E-state index in [1.54, 1.807) is 0 Å². The third-order valence-corrected chi connectivity index (χ3v) is 4.07. The van der Waals surface area contributed by atoms with Crippen molar-refractivity contribution in [1.82, 2.24) is 4.57 Å². The number of allylic oxidation sites excluding steroid dienone is 4. The third kappa shape index (κ3) is 3.72. The maximum Gasteiger partial charge on any atom is 0.244 e. The average Bonchev–Trinajstić information content (AvgIpc) is 2.96. The Morgan fingerprint density at radius 2 is 2.10 bits per heavy atom. The highest BCUT2D eigenvalue weighted by molar-refractivity contribution is 5.23. The molecule has 0 fully saturated rings. The lowest BCUT2D eigenvalue weighted by Gasteiger charge is -2.13. The van der Waals surface area contributed by atoms with Gasteiger partial charge in [-0.1, -0.05) is 61.1 Å². The fourth-order valence-corrected chi connectivity index (χ4v) is 2.81. The lowest BCUT2D eigenvalue weighted by molar-refractivity contribution is -0.687. The van der Waals surface area contributed by atoms with E-state index < -0.39 is 0 Å². The van der Waals surface area contributed by atoms with Crippen LogP contribution in [0.1, 0.15) is 25.3 Å². The van der Waals surface area contributed by atoms with Crippen LogP contribution in [0.3, 0.4) is 0 Å². The van der Waals surface area contributed by atoms with E-state index in [0.29, 0.717) is 5.92 Å². The first-order chi connectivity index (χ1) is 10.3. The van der Waals surface area contributed by atoms with Crippen LogP contribution in [0.5, 0.6) is 0 Å². The summed E-state index contributed by atoms with van der Waals surface area (Å²) in [6.07, 6.45) is 15.9. The molecule has 3 rings (SSSR count). The highest BCUT2D eigenvalue weighted by atomic mass is 15.1. The van der Waals surface area contributed by atoms with Crippen molar-refractivity contribution in [3.8, 4) is 0 Å². The molecule has 0 aliphatic heterocycles. The maximum atomic E-state index is 2.38. The molecule has 1 aromatic heterocycles. The molecule has 0 N–H and O–H groups in total. The lowest BCUT2D eigenvalue weighted by Crippen LogP contribution is -2.31. The second-order valence-electron chi connectivity index (χ2n) is 5.76. The summed E-state index contributed by atoms with van der Waals surface area (Å²) in [5, 5.41) is 0. The first-order valence-corrected chi connectivity index (χ1v) is 7.79. The van der Waals surface area contributed by atoms with Crippen molar-refractivity contribution in [2.75, 3.05) is 0 Å². The Morgan fingerprint density at radius 1 is 1.24 bits per heavy atom. The SMILES string of the molecule is CCC1=CCC(Cn2cc[n+](Cc3ccccc3)c2)C=C1. The molecule has 1 heterocycles. The van der Waals surface area contributed by atoms with Gasteiger partial charge in [-0.05, 0) is 18.4 Å². The van der Waals surface area contributed by atoms with Gasteiger partial charge >= 0.3 is 0 Å². The van der Waals surface area contributed by atoms with E-state index in [1.807, 2.05) is 0 Å². The molecule has 1 aromatic carbocycles. The molecule has 108 valence electrons. The number of hydrogen-bond donors (Lipinski definition) is 0. The Balaban J connectivity index is 1.59. The summed E-state index contributed by atoms with van der Waals surface area (Å²) in [4.78, 5) is 0. The van der Waals surface area contributed by atoms with Crippen molar-refractivity contribution in [3.63, 3.8) is 0 Å². The van der Waals surface area contributed by atoms with Crippen molar-refractivity contribution >= 4 is 0 Å². The predicted octanol–water partition coefficient (Wildman–Crippen LogP) is 3.74. The van der Waals surface area contributed by atoms with Gasteiger partial charge in [-0.15, -0.1) is 0 Å². The van der Waals surface area contributed by atoms with Gasteiger partial charge in [0, 0.05) is 5.92 Å². The molecule has 21 heavy (non-hydrogen) atoms. The zero-order valence-corrected chi connectivity index (χ0v) is 12.7. The number of rotatable bonds is 5. The second kappa shape index (κ2) is 6.57. The Kier molecular flexibility index (Phi) is 4.34. The number of imidazole rings is 1. The van der Waals surface area contributed by atoms with Crippen molar-refractivity contribution in [1.29, 1.82) is 0 Å². The monoisotopic (exact) mass is 279 g/mol. The van der Waals surface area contributed by atoms with Crippen molar-refractivity contribution < 1.29 is 4.57 Å². The molecule has 0 bridgehead atoms. The largest absolute Gasteiger partial charge is 0.244 e. The summed E-state index contributed by atoms with van der Waals surface area (Å²) < 4.78 is 4.54. The fourth-order valence-electron chi connectivity index (χ4n) is 2.81. The minimum Gasteiger partial charge on any atom is -0.236 e. The number of hydrogen-bond acceptors (Lipinski definition) is 0. The van der Waals surface area contributed by atoms with Gasteiger partial charge in [0.2, 0.25) is 6.33 Å². The quantitative estimate of drug-likeness (QED) is 0.737. The Hall–Kier alpha value is -2.09. The maximum absolute atomic E-state index is 2.38. The summed E-state index contributed by atoms with van der Waals surface area (Å²) in [5.41, 5.74) is 2.81. The number of aromatic nitrogens is 2. The van der Waals surface area contributed by atoms with Crippen LogP contribution in [-0.4, -0.2) is 4.57 Å². The van der Waals surface area contributed by atoms with Crippen molar-refractivity contribution in [2.24, 2.45) is 5.92 Å². The Labute approximate surface area is 127 Å². The molecule has 1 atom stereocenters. The van der Waals surface area contributed by atoms with E-state index in [-0.39, 0.29) is 0 Å². The van der Waals surface area contributed by atoms with Crippen LogP contribution in [0.2, 0.25) is 0 Å². The summed E-state index contributed by atoms with van der Waals surface area (Å²) >= 11 is 0. The number of benzene rings is 1. The van der Waals surface area contributed by atoms with Gasteiger partial charge in [-0.2, -0.15) is 0 Å². The molecule has 0 saturated carbocycles. The fraction of sp³-hybridized carbons (Fsp3) is 0.316. The first kappa shape index (κ1) is 13.9.